The first-order valence-corrected chi connectivity index (χ1v) is 14.5. The van der Waals surface area contributed by atoms with Gasteiger partial charge in [-0.05, 0) is 69.4 Å². The maximum atomic E-state index is 13.7. The van der Waals surface area contributed by atoms with E-state index in [0.717, 1.165) is 29.1 Å². The fourth-order valence-corrected chi connectivity index (χ4v) is 5.48. The molecule has 0 unspecified atom stereocenters. The number of methoxy groups -OCH3 is 1. The minimum absolute atomic E-state index is 0.0285. The van der Waals surface area contributed by atoms with Crippen LogP contribution in [0.25, 0.3) is 0 Å². The summed E-state index contributed by atoms with van der Waals surface area (Å²) >= 11 is 0. The van der Waals surface area contributed by atoms with Crippen LogP contribution >= 0.6 is 0 Å². The van der Waals surface area contributed by atoms with Crippen LogP contribution in [-0.2, 0) is 17.3 Å². The zero-order valence-corrected chi connectivity index (χ0v) is 26.2. The number of alkyl halides is 3. The van der Waals surface area contributed by atoms with E-state index < -0.39 is 23.2 Å². The van der Waals surface area contributed by atoms with Gasteiger partial charge in [0.15, 0.2) is 0 Å². The summed E-state index contributed by atoms with van der Waals surface area (Å²) in [5.41, 5.74) is 2.24. The van der Waals surface area contributed by atoms with Crippen LogP contribution in [-0.4, -0.2) is 70.6 Å². The van der Waals surface area contributed by atoms with Crippen molar-refractivity contribution in [1.29, 1.82) is 0 Å². The van der Waals surface area contributed by atoms with Crippen LogP contribution in [0.1, 0.15) is 82.5 Å². The molecule has 0 radical (unpaired) electrons. The number of pyridine rings is 1. The second-order valence-electron chi connectivity index (χ2n) is 12.0. The molecular weight excluding hydrogens is 573 g/mol. The number of nitrogens with zero attached hydrogens (tertiary/aromatic N) is 5. The summed E-state index contributed by atoms with van der Waals surface area (Å²) in [6.07, 6.45) is -2.40. The number of halogens is 3. The number of nitrogens with one attached hydrogen (secondary N) is 1. The third kappa shape index (κ3) is 7.11. The highest BCUT2D eigenvalue weighted by molar-refractivity contribution is 5.93. The Morgan fingerprint density at radius 1 is 1.09 bits per heavy atom. The lowest BCUT2D eigenvalue weighted by Gasteiger charge is -2.47. The van der Waals surface area contributed by atoms with Crippen LogP contribution in [0, 0.1) is 13.8 Å². The number of carbonyl (C=O) groups is 2. The Bertz CT molecular complexity index is 1500. The second-order valence-corrected chi connectivity index (χ2v) is 12.0. The highest BCUT2D eigenvalue weighted by Gasteiger charge is 2.39. The first-order chi connectivity index (χ1) is 20.6. The highest BCUT2D eigenvalue weighted by atomic mass is 19.4. The van der Waals surface area contributed by atoms with E-state index in [9.17, 15) is 22.8 Å². The van der Waals surface area contributed by atoms with E-state index >= 15 is 0 Å². The molecule has 0 spiro atoms. The Morgan fingerprint density at radius 2 is 1.77 bits per heavy atom. The normalized spacial score (nSPS) is 15.0. The van der Waals surface area contributed by atoms with Gasteiger partial charge in [-0.3, -0.25) is 4.79 Å². The molecule has 44 heavy (non-hydrogen) atoms. The van der Waals surface area contributed by atoms with Crippen LogP contribution in [0.3, 0.4) is 0 Å². The number of benzene rings is 1. The molecule has 1 amide bonds. The quantitative estimate of drug-likeness (QED) is 0.318. The van der Waals surface area contributed by atoms with Gasteiger partial charge in [0.1, 0.15) is 17.3 Å². The standard InChI is InChI=1S/C32H39F3N6O3/c1-19(2)27-28(36-13-12-22-8-10-23(11-9-22)32(33,34)35)37-17-24(39-27)29(42)41-15-14-40(18-31(41,5)6)25-16-20(3)26(21(4)38-25)30(43)44-7/h8-11,16-17,19H,12-15,18H2,1-7H3,(H,36,37). The predicted octanol–water partition coefficient (Wildman–Crippen LogP) is 5.81. The first kappa shape index (κ1) is 32.7. The van der Waals surface area contributed by atoms with Crippen LogP contribution in [0.5, 0.6) is 0 Å². The summed E-state index contributed by atoms with van der Waals surface area (Å²) in [5.74, 6) is 0.610. The van der Waals surface area contributed by atoms with Gasteiger partial charge in [-0.15, -0.1) is 0 Å². The molecule has 236 valence electrons. The number of hydrogen-bond acceptors (Lipinski definition) is 8. The van der Waals surface area contributed by atoms with Crippen LogP contribution in [0.4, 0.5) is 24.8 Å². The summed E-state index contributed by atoms with van der Waals surface area (Å²) in [7, 11) is 1.35. The first-order valence-electron chi connectivity index (χ1n) is 14.5. The van der Waals surface area contributed by atoms with Gasteiger partial charge in [0, 0.05) is 26.2 Å². The van der Waals surface area contributed by atoms with E-state index in [0.29, 0.717) is 55.4 Å². The lowest BCUT2D eigenvalue weighted by molar-refractivity contribution is -0.137. The number of aryl methyl sites for hydroxylation is 2. The summed E-state index contributed by atoms with van der Waals surface area (Å²) in [5, 5.41) is 3.23. The zero-order chi connectivity index (χ0) is 32.4. The minimum atomic E-state index is -4.37. The fourth-order valence-electron chi connectivity index (χ4n) is 5.48. The maximum Gasteiger partial charge on any atom is 0.416 e. The Hall–Kier alpha value is -4.22. The molecule has 0 aliphatic carbocycles. The van der Waals surface area contributed by atoms with Gasteiger partial charge in [-0.1, -0.05) is 26.0 Å². The monoisotopic (exact) mass is 612 g/mol. The lowest BCUT2D eigenvalue weighted by Crippen LogP contribution is -2.61. The molecule has 0 saturated carbocycles. The molecule has 2 aromatic heterocycles. The number of esters is 1. The van der Waals surface area contributed by atoms with Crippen molar-refractivity contribution in [2.24, 2.45) is 0 Å². The van der Waals surface area contributed by atoms with Crippen LogP contribution in [0.2, 0.25) is 0 Å². The van der Waals surface area contributed by atoms with E-state index in [1.807, 2.05) is 40.7 Å². The number of piperazine rings is 1. The van der Waals surface area contributed by atoms with Gasteiger partial charge < -0.3 is 19.9 Å². The van der Waals surface area contributed by atoms with E-state index in [2.05, 4.69) is 20.2 Å². The van der Waals surface area contributed by atoms with Crippen molar-refractivity contribution in [1.82, 2.24) is 19.9 Å². The molecule has 1 fully saturated rings. The topological polar surface area (TPSA) is 101 Å². The third-order valence-corrected chi connectivity index (χ3v) is 7.80. The van der Waals surface area contributed by atoms with Gasteiger partial charge in [0.25, 0.3) is 5.91 Å². The van der Waals surface area contributed by atoms with Gasteiger partial charge >= 0.3 is 12.1 Å². The molecule has 0 atom stereocenters. The number of anilines is 2. The highest BCUT2D eigenvalue weighted by Crippen LogP contribution is 2.30. The van der Waals surface area contributed by atoms with E-state index in [-0.39, 0.29) is 17.5 Å². The number of aromatic nitrogens is 3. The molecule has 9 nitrogen and oxygen atoms in total. The Morgan fingerprint density at radius 3 is 2.34 bits per heavy atom. The van der Waals surface area contributed by atoms with Crippen molar-refractivity contribution < 1.29 is 27.5 Å². The lowest BCUT2D eigenvalue weighted by atomic mass is 9.97. The number of amides is 1. The molecule has 4 rings (SSSR count). The van der Waals surface area contributed by atoms with E-state index in [4.69, 9.17) is 9.72 Å². The SMILES string of the molecule is COC(=O)c1c(C)cc(N2CCN(C(=O)c3cnc(NCCc4ccc(C(F)(F)F)cc4)c(C(C)C)n3)C(C)(C)C2)nc1C. The van der Waals surface area contributed by atoms with E-state index in [1.54, 1.807) is 11.8 Å². The molecule has 1 saturated heterocycles. The average Bonchev–Trinajstić information content (AvgIpc) is 2.95. The molecule has 12 heteroatoms. The van der Waals surface area contributed by atoms with Crippen molar-refractivity contribution in [3.05, 3.63) is 75.9 Å². The molecule has 1 aromatic carbocycles. The van der Waals surface area contributed by atoms with Gasteiger partial charge in [0.05, 0.1) is 41.4 Å². The minimum Gasteiger partial charge on any atom is -0.465 e. The molecule has 1 N–H and O–H groups in total. The van der Waals surface area contributed by atoms with Gasteiger partial charge in [0.2, 0.25) is 0 Å². The number of rotatable bonds is 8. The molecular formula is C32H39F3N6O3. The Labute approximate surface area is 255 Å². The number of hydrogen-bond donors (Lipinski definition) is 1. The summed E-state index contributed by atoms with van der Waals surface area (Å²) in [6, 6.07) is 6.97. The van der Waals surface area contributed by atoms with Crippen molar-refractivity contribution in [2.45, 2.75) is 65.6 Å². The summed E-state index contributed by atoms with van der Waals surface area (Å²) in [4.78, 5) is 43.7. The molecule has 3 aromatic rings. The predicted molar refractivity (Wildman–Crippen MR) is 162 cm³/mol. The molecule has 0 bridgehead atoms. The molecule has 1 aliphatic rings. The van der Waals surface area contributed by atoms with Gasteiger partial charge in [-0.2, -0.15) is 13.2 Å². The van der Waals surface area contributed by atoms with Crippen molar-refractivity contribution in [2.75, 3.05) is 43.5 Å². The number of carbonyl (C=O) groups excluding carboxylic acids is 2. The van der Waals surface area contributed by atoms with E-state index in [1.165, 1.54) is 25.4 Å². The number of ether oxygens (including phenoxy) is 1. The Kier molecular flexibility index (Phi) is 9.50. The van der Waals surface area contributed by atoms with Crippen molar-refractivity contribution in [3.8, 4) is 0 Å². The van der Waals surface area contributed by atoms with Crippen molar-refractivity contribution >= 4 is 23.5 Å². The fraction of sp³-hybridized carbons (Fsp3) is 0.469. The average molecular weight is 613 g/mol. The van der Waals surface area contributed by atoms with Crippen LogP contribution < -0.4 is 10.2 Å². The smallest absolute Gasteiger partial charge is 0.416 e. The third-order valence-electron chi connectivity index (χ3n) is 7.80. The Balaban J connectivity index is 1.45. The largest absolute Gasteiger partial charge is 0.465 e. The molecule has 3 heterocycles. The summed E-state index contributed by atoms with van der Waals surface area (Å²) in [6.45, 7) is 13.5. The maximum absolute atomic E-state index is 13.7. The van der Waals surface area contributed by atoms with Crippen molar-refractivity contribution in [3.63, 3.8) is 0 Å². The summed E-state index contributed by atoms with van der Waals surface area (Å²) < 4.78 is 43.4. The molecule has 1 aliphatic heterocycles. The second kappa shape index (κ2) is 12.8. The van der Waals surface area contributed by atoms with Gasteiger partial charge in [-0.25, -0.2) is 19.7 Å². The van der Waals surface area contributed by atoms with Crippen LogP contribution in [0.15, 0.2) is 36.5 Å². The zero-order valence-electron chi connectivity index (χ0n) is 26.2.